The Morgan fingerprint density at radius 2 is 2.14 bits per heavy atom. The van der Waals surface area contributed by atoms with Crippen molar-refractivity contribution in [1.29, 1.82) is 0 Å². The number of nitro benzene ring substituents is 1. The number of rotatable bonds is 5. The highest BCUT2D eigenvalue weighted by Crippen LogP contribution is 2.32. The lowest BCUT2D eigenvalue weighted by Gasteiger charge is -2.08. The van der Waals surface area contributed by atoms with Crippen molar-refractivity contribution in [1.82, 2.24) is 9.97 Å². The summed E-state index contributed by atoms with van der Waals surface area (Å²) in [5.74, 6) is 0.554. The van der Waals surface area contributed by atoms with Gasteiger partial charge in [-0.2, -0.15) is 4.98 Å². The monoisotopic (exact) mass is 306 g/mol. The van der Waals surface area contributed by atoms with Crippen LogP contribution in [0.2, 0.25) is 0 Å². The molecule has 0 bridgehead atoms. The molecular weight excluding hydrogens is 292 g/mol. The molecule has 0 saturated carbocycles. The number of nitrogen functional groups attached to an aromatic ring is 1. The predicted molar refractivity (Wildman–Crippen MR) is 80.8 cm³/mol. The minimum Gasteiger partial charge on any atom is -0.432 e. The highest BCUT2D eigenvalue weighted by Gasteiger charge is 2.17. The van der Waals surface area contributed by atoms with Crippen molar-refractivity contribution in [2.75, 3.05) is 12.0 Å². The van der Waals surface area contributed by atoms with Crippen molar-refractivity contribution in [2.45, 2.75) is 18.5 Å². The Labute approximate surface area is 125 Å². The van der Waals surface area contributed by atoms with Gasteiger partial charge in [-0.25, -0.2) is 4.98 Å². The summed E-state index contributed by atoms with van der Waals surface area (Å²) in [5.41, 5.74) is 6.42. The first kappa shape index (κ1) is 15.0. The summed E-state index contributed by atoms with van der Waals surface area (Å²) in [6.45, 7) is 1.93. The van der Waals surface area contributed by atoms with E-state index in [4.69, 9.17) is 10.5 Å². The number of nitro groups is 1. The molecule has 0 aliphatic heterocycles. The highest BCUT2D eigenvalue weighted by molar-refractivity contribution is 7.98. The molecule has 21 heavy (non-hydrogen) atoms. The van der Waals surface area contributed by atoms with Crippen molar-refractivity contribution in [3.05, 3.63) is 39.9 Å². The second-order valence-corrected chi connectivity index (χ2v) is 4.91. The van der Waals surface area contributed by atoms with Gasteiger partial charge in [0.1, 0.15) is 5.82 Å². The summed E-state index contributed by atoms with van der Waals surface area (Å²) in [5, 5.41) is 11.6. The molecule has 110 valence electrons. The molecule has 0 amide bonds. The molecule has 7 nitrogen and oxygen atoms in total. The van der Waals surface area contributed by atoms with Gasteiger partial charge in [0.2, 0.25) is 11.6 Å². The molecule has 0 aliphatic rings. The Hall–Kier alpha value is -2.35. The summed E-state index contributed by atoms with van der Waals surface area (Å²) in [7, 11) is 0. The molecule has 0 unspecified atom stereocenters. The normalized spacial score (nSPS) is 10.4. The smallest absolute Gasteiger partial charge is 0.311 e. The SMILES string of the molecule is CCc1ccc(Oc2cc(N)nc(SC)n2)c([N+](=O)[O-])c1. The number of nitrogens with zero attached hydrogens (tertiary/aromatic N) is 3. The van der Waals surface area contributed by atoms with Gasteiger partial charge in [0, 0.05) is 12.1 Å². The van der Waals surface area contributed by atoms with E-state index in [-0.39, 0.29) is 23.1 Å². The van der Waals surface area contributed by atoms with Crippen molar-refractivity contribution < 1.29 is 9.66 Å². The number of aromatic nitrogens is 2. The van der Waals surface area contributed by atoms with Crippen LogP contribution < -0.4 is 10.5 Å². The van der Waals surface area contributed by atoms with Crippen LogP contribution in [0.5, 0.6) is 11.6 Å². The predicted octanol–water partition coefficient (Wildman–Crippen LogP) is 3.04. The fraction of sp³-hybridized carbons (Fsp3) is 0.231. The average molecular weight is 306 g/mol. The largest absolute Gasteiger partial charge is 0.432 e. The Morgan fingerprint density at radius 3 is 2.76 bits per heavy atom. The van der Waals surface area contributed by atoms with Gasteiger partial charge in [-0.1, -0.05) is 24.8 Å². The minimum absolute atomic E-state index is 0.0998. The van der Waals surface area contributed by atoms with Crippen LogP contribution >= 0.6 is 11.8 Å². The van der Waals surface area contributed by atoms with E-state index in [1.165, 1.54) is 23.9 Å². The van der Waals surface area contributed by atoms with E-state index in [0.717, 1.165) is 5.56 Å². The first-order chi connectivity index (χ1) is 10.0. The molecule has 2 N–H and O–H groups in total. The van der Waals surface area contributed by atoms with Gasteiger partial charge in [-0.05, 0) is 24.3 Å². The van der Waals surface area contributed by atoms with Gasteiger partial charge in [0.05, 0.1) is 4.92 Å². The van der Waals surface area contributed by atoms with Gasteiger partial charge >= 0.3 is 5.69 Å². The number of hydrogen-bond acceptors (Lipinski definition) is 7. The second kappa shape index (κ2) is 6.40. The number of nitrogens with two attached hydrogens (primary N) is 1. The molecule has 0 aliphatic carbocycles. The molecule has 0 fully saturated rings. The number of aryl methyl sites for hydroxylation is 1. The zero-order chi connectivity index (χ0) is 15.4. The quantitative estimate of drug-likeness (QED) is 0.392. The Kier molecular flexibility index (Phi) is 4.59. The van der Waals surface area contributed by atoms with Gasteiger partial charge < -0.3 is 10.5 Å². The highest BCUT2D eigenvalue weighted by atomic mass is 32.2. The van der Waals surface area contributed by atoms with Crippen molar-refractivity contribution in [3.8, 4) is 11.6 Å². The maximum Gasteiger partial charge on any atom is 0.311 e. The summed E-state index contributed by atoms with van der Waals surface area (Å²) >= 11 is 1.31. The first-order valence-corrected chi connectivity index (χ1v) is 7.39. The maximum absolute atomic E-state index is 11.1. The van der Waals surface area contributed by atoms with Gasteiger partial charge in [-0.15, -0.1) is 0 Å². The lowest BCUT2D eigenvalue weighted by molar-refractivity contribution is -0.385. The number of thioether (sulfide) groups is 1. The molecule has 0 atom stereocenters. The molecule has 0 spiro atoms. The lowest BCUT2D eigenvalue weighted by atomic mass is 10.1. The van der Waals surface area contributed by atoms with Crippen LogP contribution in [0.4, 0.5) is 11.5 Å². The van der Waals surface area contributed by atoms with Gasteiger partial charge in [0.25, 0.3) is 0 Å². The molecule has 2 rings (SSSR count). The number of anilines is 1. The van der Waals surface area contributed by atoms with E-state index < -0.39 is 4.92 Å². The molecule has 1 heterocycles. The summed E-state index contributed by atoms with van der Waals surface area (Å²) in [6.07, 6.45) is 2.51. The van der Waals surface area contributed by atoms with Crippen molar-refractivity contribution in [2.24, 2.45) is 0 Å². The van der Waals surface area contributed by atoms with E-state index in [9.17, 15) is 10.1 Å². The third-order valence-corrected chi connectivity index (χ3v) is 3.28. The minimum atomic E-state index is -0.478. The molecular formula is C13H14N4O3S. The summed E-state index contributed by atoms with van der Waals surface area (Å²) in [4.78, 5) is 18.8. The summed E-state index contributed by atoms with van der Waals surface area (Å²) in [6, 6.07) is 6.27. The number of hydrogen-bond donors (Lipinski definition) is 1. The van der Waals surface area contributed by atoms with Crippen LogP contribution in [0.1, 0.15) is 12.5 Å². The molecule has 8 heteroatoms. The fourth-order valence-corrected chi connectivity index (χ4v) is 2.07. The van der Waals surface area contributed by atoms with E-state index in [1.54, 1.807) is 18.4 Å². The number of ether oxygens (including phenoxy) is 1. The van der Waals surface area contributed by atoms with Crippen LogP contribution in [-0.4, -0.2) is 21.1 Å². The van der Waals surface area contributed by atoms with Crippen LogP contribution in [0, 0.1) is 10.1 Å². The summed E-state index contributed by atoms with van der Waals surface area (Å²) < 4.78 is 5.51. The number of benzene rings is 1. The average Bonchev–Trinajstić information content (AvgIpc) is 2.46. The lowest BCUT2D eigenvalue weighted by Crippen LogP contribution is -1.99. The molecule has 0 saturated heterocycles. The first-order valence-electron chi connectivity index (χ1n) is 6.17. The second-order valence-electron chi connectivity index (χ2n) is 4.13. The Balaban J connectivity index is 2.39. The van der Waals surface area contributed by atoms with Crippen molar-refractivity contribution in [3.63, 3.8) is 0 Å². The van der Waals surface area contributed by atoms with E-state index in [0.29, 0.717) is 11.6 Å². The molecule has 2 aromatic rings. The van der Waals surface area contributed by atoms with Gasteiger partial charge in [-0.3, -0.25) is 10.1 Å². The Bertz CT molecular complexity index is 678. The van der Waals surface area contributed by atoms with Crippen LogP contribution in [0.15, 0.2) is 29.4 Å². The van der Waals surface area contributed by atoms with E-state index in [1.807, 2.05) is 6.92 Å². The maximum atomic E-state index is 11.1. The van der Waals surface area contributed by atoms with Crippen LogP contribution in [0.3, 0.4) is 0 Å². The topological polar surface area (TPSA) is 104 Å². The molecule has 1 aromatic carbocycles. The third kappa shape index (κ3) is 3.60. The fourth-order valence-electron chi connectivity index (χ4n) is 1.69. The third-order valence-electron chi connectivity index (χ3n) is 2.73. The molecule has 1 aromatic heterocycles. The zero-order valence-electron chi connectivity index (χ0n) is 11.6. The van der Waals surface area contributed by atoms with Crippen LogP contribution in [0.25, 0.3) is 0 Å². The molecule has 0 radical (unpaired) electrons. The Morgan fingerprint density at radius 1 is 1.38 bits per heavy atom. The van der Waals surface area contributed by atoms with Gasteiger partial charge in [0.15, 0.2) is 5.16 Å². The standard InChI is InChI=1S/C13H14N4O3S/c1-3-8-4-5-10(9(6-8)17(18)19)20-12-7-11(14)15-13(16-12)21-2/h4-7H,3H2,1-2H3,(H2,14,15,16). The zero-order valence-corrected chi connectivity index (χ0v) is 12.4. The van der Waals surface area contributed by atoms with Crippen LogP contribution in [-0.2, 0) is 6.42 Å². The van der Waals surface area contributed by atoms with E-state index in [2.05, 4.69) is 9.97 Å². The van der Waals surface area contributed by atoms with Crippen molar-refractivity contribution >= 4 is 23.3 Å². The van der Waals surface area contributed by atoms with E-state index >= 15 is 0 Å².